The summed E-state index contributed by atoms with van der Waals surface area (Å²) < 4.78 is 27.0. The topological polar surface area (TPSA) is 49.4 Å². The van der Waals surface area contributed by atoms with Gasteiger partial charge in [0.25, 0.3) is 0 Å². The van der Waals surface area contributed by atoms with Crippen LogP contribution in [0.4, 0.5) is 8.78 Å². The minimum absolute atomic E-state index is 0.113. The van der Waals surface area contributed by atoms with Crippen LogP contribution < -0.4 is 5.32 Å². The van der Waals surface area contributed by atoms with Gasteiger partial charge in [0.2, 0.25) is 11.8 Å². The van der Waals surface area contributed by atoms with Crippen LogP contribution in [0.25, 0.3) is 0 Å². The Morgan fingerprint density at radius 2 is 1.80 bits per heavy atom. The van der Waals surface area contributed by atoms with E-state index in [1.165, 1.54) is 34.9 Å². The molecule has 7 heteroatoms. The van der Waals surface area contributed by atoms with Crippen molar-refractivity contribution in [1.29, 1.82) is 0 Å². The zero-order valence-electron chi connectivity index (χ0n) is 17.4. The second kappa shape index (κ2) is 12.3. The highest BCUT2D eigenvalue weighted by Gasteiger charge is 2.26. The third kappa shape index (κ3) is 7.44. The van der Waals surface area contributed by atoms with Crippen LogP contribution in [0.1, 0.15) is 37.8 Å². The fraction of sp³-hybridized carbons (Fsp3) is 0.391. The first kappa shape index (κ1) is 23.9. The van der Waals surface area contributed by atoms with E-state index in [0.29, 0.717) is 17.9 Å². The van der Waals surface area contributed by atoms with Crippen LogP contribution in [0.5, 0.6) is 0 Å². The molecule has 1 N–H and O–H groups in total. The van der Waals surface area contributed by atoms with Gasteiger partial charge in [-0.05, 0) is 42.7 Å². The third-order valence-electron chi connectivity index (χ3n) is 4.70. The molecule has 0 spiro atoms. The number of hydrogen-bond donors (Lipinski definition) is 1. The highest BCUT2D eigenvalue weighted by atomic mass is 32.2. The molecule has 162 valence electrons. The van der Waals surface area contributed by atoms with Gasteiger partial charge >= 0.3 is 0 Å². The molecule has 2 rings (SSSR count). The second-order valence-electron chi connectivity index (χ2n) is 7.05. The van der Waals surface area contributed by atoms with Crippen LogP contribution in [-0.2, 0) is 21.9 Å². The van der Waals surface area contributed by atoms with Crippen LogP contribution in [0.2, 0.25) is 0 Å². The van der Waals surface area contributed by atoms with Crippen molar-refractivity contribution >= 4 is 23.6 Å². The lowest BCUT2D eigenvalue weighted by Crippen LogP contribution is -2.48. The molecule has 1 unspecified atom stereocenters. The molecule has 4 nitrogen and oxygen atoms in total. The van der Waals surface area contributed by atoms with E-state index in [0.717, 1.165) is 18.4 Å². The van der Waals surface area contributed by atoms with Crippen molar-refractivity contribution < 1.29 is 18.4 Å². The first-order valence-corrected chi connectivity index (χ1v) is 11.2. The molecule has 0 saturated carbocycles. The van der Waals surface area contributed by atoms with Crippen LogP contribution in [0.3, 0.4) is 0 Å². The third-order valence-corrected chi connectivity index (χ3v) is 5.67. The predicted octanol–water partition coefficient (Wildman–Crippen LogP) is 4.53. The minimum Gasteiger partial charge on any atom is -0.354 e. The Kier molecular flexibility index (Phi) is 9.80. The number of hydrogen-bond acceptors (Lipinski definition) is 3. The van der Waals surface area contributed by atoms with E-state index < -0.39 is 6.04 Å². The normalized spacial score (nSPS) is 11.7. The number of amides is 2. The van der Waals surface area contributed by atoms with E-state index in [1.807, 2.05) is 6.92 Å². The number of thioether (sulfide) groups is 1. The molecule has 30 heavy (non-hydrogen) atoms. The van der Waals surface area contributed by atoms with Gasteiger partial charge in [-0.1, -0.05) is 43.7 Å². The van der Waals surface area contributed by atoms with E-state index in [1.54, 1.807) is 37.3 Å². The fourth-order valence-corrected chi connectivity index (χ4v) is 3.75. The molecule has 1 atom stereocenters. The second-order valence-corrected chi connectivity index (χ2v) is 8.04. The average Bonchev–Trinajstić information content (AvgIpc) is 2.74. The standard InChI is InChI=1S/C23H28F2N2O2S/c1-3-4-13-26-23(29)17(2)27(14-18-9-11-20(24)12-10-18)22(28)16-30-15-19-7-5-6-8-21(19)25/h5-12,17H,3-4,13-16H2,1-2H3,(H,26,29). The summed E-state index contributed by atoms with van der Waals surface area (Å²) in [6, 6.07) is 11.6. The summed E-state index contributed by atoms with van der Waals surface area (Å²) in [5, 5.41) is 2.85. The Bertz CT molecular complexity index is 830. The van der Waals surface area contributed by atoms with Gasteiger partial charge in [0.05, 0.1) is 5.75 Å². The summed E-state index contributed by atoms with van der Waals surface area (Å²) in [5.74, 6) is -0.634. The maximum Gasteiger partial charge on any atom is 0.242 e. The molecule has 0 heterocycles. The van der Waals surface area contributed by atoms with E-state index in [-0.39, 0.29) is 35.7 Å². The number of rotatable bonds is 11. The van der Waals surface area contributed by atoms with Gasteiger partial charge in [-0.3, -0.25) is 9.59 Å². The molecule has 0 radical (unpaired) electrons. The van der Waals surface area contributed by atoms with E-state index in [2.05, 4.69) is 5.32 Å². The predicted molar refractivity (Wildman–Crippen MR) is 117 cm³/mol. The molecule has 2 amide bonds. The van der Waals surface area contributed by atoms with E-state index in [4.69, 9.17) is 0 Å². The number of unbranched alkanes of at least 4 members (excludes halogenated alkanes) is 1. The van der Waals surface area contributed by atoms with Gasteiger partial charge in [0.15, 0.2) is 0 Å². The molecule has 0 aliphatic heterocycles. The minimum atomic E-state index is -0.673. The summed E-state index contributed by atoms with van der Waals surface area (Å²) in [6.45, 7) is 4.47. The summed E-state index contributed by atoms with van der Waals surface area (Å²) in [5.41, 5.74) is 1.27. The molecule has 0 saturated heterocycles. The number of carbonyl (C=O) groups excluding carboxylic acids is 2. The Morgan fingerprint density at radius 1 is 1.10 bits per heavy atom. The van der Waals surface area contributed by atoms with Crippen molar-refractivity contribution in [2.45, 2.75) is 45.0 Å². The molecule has 0 aliphatic rings. The van der Waals surface area contributed by atoms with E-state index in [9.17, 15) is 18.4 Å². The molecule has 2 aromatic carbocycles. The van der Waals surface area contributed by atoms with Crippen molar-refractivity contribution in [2.75, 3.05) is 12.3 Å². The van der Waals surface area contributed by atoms with Crippen LogP contribution in [-0.4, -0.2) is 35.1 Å². The Morgan fingerprint density at radius 3 is 2.47 bits per heavy atom. The highest BCUT2D eigenvalue weighted by Crippen LogP contribution is 2.18. The maximum atomic E-state index is 13.8. The number of halogens is 2. The monoisotopic (exact) mass is 434 g/mol. The zero-order valence-corrected chi connectivity index (χ0v) is 18.2. The van der Waals surface area contributed by atoms with Crippen molar-refractivity contribution in [3.05, 3.63) is 71.3 Å². The first-order chi connectivity index (χ1) is 14.4. The zero-order chi connectivity index (χ0) is 21.9. The smallest absolute Gasteiger partial charge is 0.242 e. The number of carbonyl (C=O) groups is 2. The average molecular weight is 435 g/mol. The highest BCUT2D eigenvalue weighted by molar-refractivity contribution is 7.99. The number of nitrogens with zero attached hydrogens (tertiary/aromatic N) is 1. The maximum absolute atomic E-state index is 13.8. The van der Waals surface area contributed by atoms with Gasteiger partial charge in [-0.15, -0.1) is 11.8 Å². The lowest BCUT2D eigenvalue weighted by molar-refractivity contribution is -0.138. The molecule has 0 aliphatic carbocycles. The first-order valence-electron chi connectivity index (χ1n) is 10.0. The fourth-order valence-electron chi connectivity index (χ4n) is 2.85. The van der Waals surface area contributed by atoms with E-state index >= 15 is 0 Å². The molecule has 0 fully saturated rings. The van der Waals surface area contributed by atoms with Crippen molar-refractivity contribution in [3.8, 4) is 0 Å². The largest absolute Gasteiger partial charge is 0.354 e. The quantitative estimate of drug-likeness (QED) is 0.529. The van der Waals surface area contributed by atoms with Gasteiger partial charge < -0.3 is 10.2 Å². The summed E-state index contributed by atoms with van der Waals surface area (Å²) in [7, 11) is 0. The van der Waals surface area contributed by atoms with Crippen molar-refractivity contribution in [3.63, 3.8) is 0 Å². The van der Waals surface area contributed by atoms with Gasteiger partial charge in [-0.25, -0.2) is 8.78 Å². The molecular formula is C23H28F2N2O2S. The Labute approximate surface area is 181 Å². The van der Waals surface area contributed by atoms with Gasteiger partial charge in [0.1, 0.15) is 17.7 Å². The summed E-state index contributed by atoms with van der Waals surface area (Å²) in [6.07, 6.45) is 1.82. The van der Waals surface area contributed by atoms with Crippen molar-refractivity contribution in [1.82, 2.24) is 10.2 Å². The van der Waals surface area contributed by atoms with Crippen molar-refractivity contribution in [2.24, 2.45) is 0 Å². The van der Waals surface area contributed by atoms with Crippen LogP contribution in [0, 0.1) is 11.6 Å². The summed E-state index contributed by atoms with van der Waals surface area (Å²) in [4.78, 5) is 26.9. The van der Waals surface area contributed by atoms with Crippen LogP contribution >= 0.6 is 11.8 Å². The lowest BCUT2D eigenvalue weighted by Gasteiger charge is -2.28. The molecule has 2 aromatic rings. The molecular weight excluding hydrogens is 406 g/mol. The Hall–Kier alpha value is -2.41. The molecule has 0 aromatic heterocycles. The number of benzene rings is 2. The summed E-state index contributed by atoms with van der Waals surface area (Å²) >= 11 is 1.30. The lowest BCUT2D eigenvalue weighted by atomic mass is 10.1. The van der Waals surface area contributed by atoms with Gasteiger partial charge in [-0.2, -0.15) is 0 Å². The van der Waals surface area contributed by atoms with Gasteiger partial charge in [0, 0.05) is 18.8 Å². The molecule has 0 bridgehead atoms. The van der Waals surface area contributed by atoms with Crippen LogP contribution in [0.15, 0.2) is 48.5 Å². The Balaban J connectivity index is 2.04. The number of nitrogens with one attached hydrogen (secondary N) is 1. The SMILES string of the molecule is CCCCNC(=O)C(C)N(Cc1ccc(F)cc1)C(=O)CSCc1ccccc1F.